The first-order chi connectivity index (χ1) is 30.2. The van der Waals surface area contributed by atoms with Gasteiger partial charge in [0.15, 0.2) is 0 Å². The van der Waals surface area contributed by atoms with Gasteiger partial charge in [-0.15, -0.1) is 0 Å². The van der Waals surface area contributed by atoms with Crippen LogP contribution in [-0.4, -0.2) is 6.71 Å². The average molecular weight is 809 g/mol. The second-order valence-corrected chi connectivity index (χ2v) is 17.1. The van der Waals surface area contributed by atoms with E-state index < -0.39 is 0 Å². The summed E-state index contributed by atoms with van der Waals surface area (Å²) in [7, 11) is 0. The molecule has 0 atom stereocenters. The number of rotatable bonds is 12. The summed E-state index contributed by atoms with van der Waals surface area (Å²) in [4.78, 5) is 4.59. The molecule has 9 rings (SSSR count). The van der Waals surface area contributed by atoms with Crippen LogP contribution in [0.4, 0.5) is 34.1 Å². The van der Waals surface area contributed by atoms with Crippen molar-refractivity contribution in [3.05, 3.63) is 211 Å². The zero-order chi connectivity index (χ0) is 42.7. The van der Waals surface area contributed by atoms with Crippen molar-refractivity contribution in [2.24, 2.45) is 0 Å². The molecule has 0 aliphatic carbocycles. The summed E-state index contributed by atoms with van der Waals surface area (Å²) in [6.45, 7) is 13.9. The van der Waals surface area contributed by atoms with Crippen LogP contribution in [0, 0.1) is 0 Å². The summed E-state index contributed by atoms with van der Waals surface area (Å²) in [6.07, 6.45) is 0. The molecule has 62 heavy (non-hydrogen) atoms. The molecule has 8 aromatic carbocycles. The third kappa shape index (κ3) is 8.11. The van der Waals surface area contributed by atoms with E-state index in [4.69, 9.17) is 9.47 Å². The van der Waals surface area contributed by atoms with Crippen LogP contribution in [0.3, 0.4) is 0 Å². The molecule has 0 radical (unpaired) electrons. The summed E-state index contributed by atoms with van der Waals surface area (Å²) < 4.78 is 13.7. The lowest BCUT2D eigenvalue weighted by molar-refractivity contribution is 0.483. The number of anilines is 6. The van der Waals surface area contributed by atoms with E-state index in [9.17, 15) is 0 Å². The highest BCUT2D eigenvalue weighted by molar-refractivity contribution is 6.97. The Hall–Kier alpha value is -6.98. The molecule has 0 N–H and O–H groups in total. The van der Waals surface area contributed by atoms with Crippen molar-refractivity contribution in [1.29, 1.82) is 0 Å². The Bertz CT molecular complexity index is 2720. The predicted molar refractivity (Wildman–Crippen MR) is 262 cm³/mol. The fraction of sp³-hybridized carbons (Fsp3) is 0.158. The van der Waals surface area contributed by atoms with Gasteiger partial charge in [-0.3, -0.25) is 0 Å². The minimum atomic E-state index is 0.00435. The first-order valence-corrected chi connectivity index (χ1v) is 21.9. The second-order valence-electron chi connectivity index (χ2n) is 17.1. The largest absolute Gasteiger partial charge is 0.458 e. The molecule has 0 saturated heterocycles. The number of hydrogen-bond acceptors (Lipinski definition) is 4. The Morgan fingerprint density at radius 3 is 1.37 bits per heavy atom. The number of benzene rings is 8. The molecule has 0 unspecified atom stereocenters. The molecule has 0 saturated carbocycles. The lowest BCUT2D eigenvalue weighted by Crippen LogP contribution is -2.57. The summed E-state index contributed by atoms with van der Waals surface area (Å²) >= 11 is 0. The van der Waals surface area contributed by atoms with Gasteiger partial charge in [0.1, 0.15) is 23.0 Å². The van der Waals surface area contributed by atoms with Crippen molar-refractivity contribution >= 4 is 57.2 Å². The predicted octanol–water partition coefficient (Wildman–Crippen LogP) is 14.4. The Kier molecular flexibility index (Phi) is 11.4. The molecule has 0 spiro atoms. The van der Waals surface area contributed by atoms with Crippen LogP contribution in [0.25, 0.3) is 0 Å². The maximum absolute atomic E-state index is 6.98. The van der Waals surface area contributed by atoms with Gasteiger partial charge in [-0.1, -0.05) is 156 Å². The maximum Gasteiger partial charge on any atom is 0.251 e. The fourth-order valence-electron chi connectivity index (χ4n) is 8.88. The number of para-hydroxylation sites is 5. The van der Waals surface area contributed by atoms with Crippen molar-refractivity contribution in [2.45, 2.75) is 59.3 Å². The molecular weight excluding hydrogens is 755 g/mol. The molecular formula is C57H53BN2O2. The van der Waals surface area contributed by atoms with Gasteiger partial charge in [0.25, 0.3) is 6.71 Å². The SMILES string of the molecule is CC(C)c1cc(C(C)C)c(B2c3ccccc3Oc3cc(N(c4ccccc4)c4cc(Oc5ccccc5)cc(N(c5ccccc5)c5ccccc5)c4)ccc32)c(C(C)C)c1. The highest BCUT2D eigenvalue weighted by atomic mass is 16.5. The molecule has 5 heteroatoms. The van der Waals surface area contributed by atoms with Crippen LogP contribution in [0.5, 0.6) is 23.0 Å². The number of hydrogen-bond donors (Lipinski definition) is 0. The average Bonchev–Trinajstić information content (AvgIpc) is 3.29. The van der Waals surface area contributed by atoms with Crippen LogP contribution in [0.15, 0.2) is 194 Å². The van der Waals surface area contributed by atoms with Crippen LogP contribution in [-0.2, 0) is 0 Å². The number of fused-ring (bicyclic) bond motifs is 2. The molecule has 1 aliphatic heterocycles. The molecule has 1 aliphatic rings. The Balaban J connectivity index is 1.25. The summed E-state index contributed by atoms with van der Waals surface area (Å²) in [6, 6.07) is 68.5. The Morgan fingerprint density at radius 2 is 0.855 bits per heavy atom. The lowest BCUT2D eigenvalue weighted by atomic mass is 9.34. The zero-order valence-corrected chi connectivity index (χ0v) is 36.5. The van der Waals surface area contributed by atoms with E-state index in [1.165, 1.54) is 33.1 Å². The van der Waals surface area contributed by atoms with Crippen molar-refractivity contribution in [1.82, 2.24) is 0 Å². The monoisotopic (exact) mass is 808 g/mol. The first kappa shape index (κ1) is 40.4. The zero-order valence-electron chi connectivity index (χ0n) is 36.5. The van der Waals surface area contributed by atoms with Gasteiger partial charge in [0.05, 0.1) is 11.4 Å². The Morgan fingerprint density at radius 1 is 0.387 bits per heavy atom. The van der Waals surface area contributed by atoms with Crippen molar-refractivity contribution in [3.8, 4) is 23.0 Å². The van der Waals surface area contributed by atoms with Gasteiger partial charge in [-0.25, -0.2) is 0 Å². The molecule has 0 aromatic heterocycles. The third-order valence-electron chi connectivity index (χ3n) is 11.9. The minimum Gasteiger partial charge on any atom is -0.458 e. The highest BCUT2D eigenvalue weighted by Crippen LogP contribution is 2.44. The van der Waals surface area contributed by atoms with Gasteiger partial charge >= 0.3 is 0 Å². The van der Waals surface area contributed by atoms with E-state index in [0.29, 0.717) is 17.8 Å². The topological polar surface area (TPSA) is 24.9 Å². The standard InChI is InChI=1S/C57H53BN2O2/c1-39(2)42-33-51(40(3)4)57(52(34-42)41(5)6)58-53-29-19-20-30-55(53)62-56-38-46(31-32-54(56)58)60(45-25-15-9-16-26-45)48-35-47(36-50(37-48)61-49-27-17-10-18-28-49)59(43-21-11-7-12-22-43)44-23-13-8-14-24-44/h7-41H,1-6H3. The lowest BCUT2D eigenvalue weighted by Gasteiger charge is -2.33. The minimum absolute atomic E-state index is 0.00435. The van der Waals surface area contributed by atoms with E-state index in [1.807, 2.05) is 30.3 Å². The number of ether oxygens (including phenoxy) is 2. The van der Waals surface area contributed by atoms with Crippen molar-refractivity contribution in [2.75, 3.05) is 9.80 Å². The summed E-state index contributed by atoms with van der Waals surface area (Å²) in [5.74, 6) is 4.37. The number of nitrogens with zero attached hydrogens (tertiary/aromatic N) is 2. The molecule has 8 aromatic rings. The van der Waals surface area contributed by atoms with E-state index in [-0.39, 0.29) is 6.71 Å². The van der Waals surface area contributed by atoms with E-state index in [1.54, 1.807) is 0 Å². The van der Waals surface area contributed by atoms with Crippen LogP contribution in [0.1, 0.15) is 76.0 Å². The summed E-state index contributed by atoms with van der Waals surface area (Å²) in [5.41, 5.74) is 14.0. The normalized spacial score (nSPS) is 11.9. The smallest absolute Gasteiger partial charge is 0.251 e. The highest BCUT2D eigenvalue weighted by Gasteiger charge is 2.37. The van der Waals surface area contributed by atoms with Gasteiger partial charge in [-0.05, 0) is 112 Å². The van der Waals surface area contributed by atoms with E-state index >= 15 is 0 Å². The second kappa shape index (κ2) is 17.6. The van der Waals surface area contributed by atoms with Crippen molar-refractivity contribution in [3.63, 3.8) is 0 Å². The van der Waals surface area contributed by atoms with Crippen molar-refractivity contribution < 1.29 is 9.47 Å². The summed E-state index contributed by atoms with van der Waals surface area (Å²) in [5, 5.41) is 0. The van der Waals surface area contributed by atoms with E-state index in [0.717, 1.165) is 57.1 Å². The Labute approximate surface area is 368 Å². The van der Waals surface area contributed by atoms with Gasteiger partial charge in [-0.2, -0.15) is 0 Å². The third-order valence-corrected chi connectivity index (χ3v) is 11.9. The van der Waals surface area contributed by atoms with Crippen LogP contribution in [0.2, 0.25) is 0 Å². The van der Waals surface area contributed by atoms with Gasteiger partial charge < -0.3 is 19.3 Å². The first-order valence-electron chi connectivity index (χ1n) is 21.9. The molecule has 1 heterocycles. The molecule has 306 valence electrons. The maximum atomic E-state index is 6.98. The van der Waals surface area contributed by atoms with Crippen LogP contribution >= 0.6 is 0 Å². The molecule has 4 nitrogen and oxygen atoms in total. The van der Waals surface area contributed by atoms with Gasteiger partial charge in [0, 0.05) is 40.9 Å². The molecule has 0 fully saturated rings. The van der Waals surface area contributed by atoms with E-state index in [2.05, 4.69) is 215 Å². The molecule has 0 amide bonds. The quantitative estimate of drug-likeness (QED) is 0.115. The molecule has 0 bridgehead atoms. The van der Waals surface area contributed by atoms with Crippen LogP contribution < -0.4 is 35.7 Å². The van der Waals surface area contributed by atoms with Gasteiger partial charge in [0.2, 0.25) is 0 Å². The fourth-order valence-corrected chi connectivity index (χ4v) is 8.88.